The molecular formula is C17H20N4O2. The van der Waals surface area contributed by atoms with E-state index in [1.807, 2.05) is 25.1 Å². The molecule has 1 saturated carbocycles. The summed E-state index contributed by atoms with van der Waals surface area (Å²) in [4.78, 5) is 8.92. The maximum Gasteiger partial charge on any atom is 0.224 e. The molecule has 0 radical (unpaired) electrons. The van der Waals surface area contributed by atoms with Gasteiger partial charge in [-0.15, -0.1) is 0 Å². The number of hydrogen-bond donors (Lipinski definition) is 2. The summed E-state index contributed by atoms with van der Waals surface area (Å²) in [5.74, 6) is 1.18. The van der Waals surface area contributed by atoms with Crippen molar-refractivity contribution in [1.29, 1.82) is 5.26 Å². The van der Waals surface area contributed by atoms with Gasteiger partial charge in [0.1, 0.15) is 18.0 Å². The minimum Gasteiger partial charge on any atom is -0.475 e. The number of rotatable bonds is 6. The second-order valence-corrected chi connectivity index (χ2v) is 5.78. The first-order valence-corrected chi connectivity index (χ1v) is 7.93. The van der Waals surface area contributed by atoms with E-state index < -0.39 is 5.54 Å². The predicted octanol–water partition coefficient (Wildman–Crippen LogP) is 2.42. The van der Waals surface area contributed by atoms with Crippen molar-refractivity contribution in [3.63, 3.8) is 0 Å². The number of fused-ring (bicyclic) bond motifs is 1. The van der Waals surface area contributed by atoms with Crippen molar-refractivity contribution in [2.75, 3.05) is 18.5 Å². The maximum absolute atomic E-state index is 9.36. The second-order valence-electron chi connectivity index (χ2n) is 5.78. The van der Waals surface area contributed by atoms with Gasteiger partial charge in [0, 0.05) is 12.1 Å². The van der Waals surface area contributed by atoms with Crippen LogP contribution >= 0.6 is 0 Å². The lowest BCUT2D eigenvalue weighted by atomic mass is 9.78. The monoisotopic (exact) mass is 312 g/mol. The third-order valence-electron chi connectivity index (χ3n) is 4.16. The lowest BCUT2D eigenvalue weighted by molar-refractivity contribution is 0.198. The molecule has 1 aromatic heterocycles. The number of ether oxygens (including phenoxy) is 1. The van der Waals surface area contributed by atoms with E-state index in [-0.39, 0.29) is 13.2 Å². The SMILES string of the molecule is CCc1nc(OCCO)c2cc(NC3(C#N)CCC3)ccc2n1. The molecule has 1 fully saturated rings. The molecule has 0 saturated heterocycles. The van der Waals surface area contributed by atoms with Crippen molar-refractivity contribution < 1.29 is 9.84 Å². The summed E-state index contributed by atoms with van der Waals surface area (Å²) in [6, 6.07) is 8.13. The number of nitriles is 1. The highest BCUT2D eigenvalue weighted by atomic mass is 16.5. The summed E-state index contributed by atoms with van der Waals surface area (Å²) in [6.45, 7) is 2.11. The fourth-order valence-corrected chi connectivity index (χ4v) is 2.71. The molecule has 0 bridgehead atoms. The fraction of sp³-hybridized carbons (Fsp3) is 0.471. The van der Waals surface area contributed by atoms with E-state index in [0.717, 1.165) is 35.9 Å². The van der Waals surface area contributed by atoms with Gasteiger partial charge in [-0.05, 0) is 37.5 Å². The predicted molar refractivity (Wildman–Crippen MR) is 87.3 cm³/mol. The summed E-state index contributed by atoms with van der Waals surface area (Å²) >= 11 is 0. The van der Waals surface area contributed by atoms with E-state index in [1.165, 1.54) is 0 Å². The average Bonchev–Trinajstić information content (AvgIpc) is 2.55. The molecule has 2 N–H and O–H groups in total. The second kappa shape index (κ2) is 6.39. The van der Waals surface area contributed by atoms with Crippen LogP contribution < -0.4 is 10.1 Å². The van der Waals surface area contributed by atoms with Gasteiger partial charge in [-0.2, -0.15) is 10.2 Å². The van der Waals surface area contributed by atoms with E-state index >= 15 is 0 Å². The lowest BCUT2D eigenvalue weighted by Gasteiger charge is -2.36. The number of anilines is 1. The summed E-state index contributed by atoms with van der Waals surface area (Å²) in [5, 5.41) is 22.5. The van der Waals surface area contributed by atoms with Gasteiger partial charge in [0.2, 0.25) is 5.88 Å². The maximum atomic E-state index is 9.36. The van der Waals surface area contributed by atoms with E-state index in [2.05, 4.69) is 21.4 Å². The Bertz CT molecular complexity index is 750. The van der Waals surface area contributed by atoms with Crippen LogP contribution in [0.25, 0.3) is 10.9 Å². The third kappa shape index (κ3) is 3.06. The highest BCUT2D eigenvalue weighted by molar-refractivity contribution is 5.87. The van der Waals surface area contributed by atoms with Crippen molar-refractivity contribution in [2.24, 2.45) is 0 Å². The van der Waals surface area contributed by atoms with Crippen LogP contribution in [0.2, 0.25) is 0 Å². The van der Waals surface area contributed by atoms with Crippen LogP contribution in [0.3, 0.4) is 0 Å². The van der Waals surface area contributed by atoms with Crippen molar-refractivity contribution in [2.45, 2.75) is 38.1 Å². The largest absolute Gasteiger partial charge is 0.475 e. The number of benzene rings is 1. The summed E-state index contributed by atoms with van der Waals surface area (Å²) < 4.78 is 5.57. The van der Waals surface area contributed by atoms with Crippen molar-refractivity contribution in [3.8, 4) is 11.9 Å². The Morgan fingerprint density at radius 3 is 2.83 bits per heavy atom. The van der Waals surface area contributed by atoms with Gasteiger partial charge in [0.15, 0.2) is 0 Å². The minimum atomic E-state index is -0.454. The molecular weight excluding hydrogens is 292 g/mol. The Morgan fingerprint density at radius 2 is 2.22 bits per heavy atom. The molecule has 23 heavy (non-hydrogen) atoms. The minimum absolute atomic E-state index is 0.0670. The lowest BCUT2D eigenvalue weighted by Crippen LogP contribution is -2.43. The fourth-order valence-electron chi connectivity index (χ4n) is 2.71. The van der Waals surface area contributed by atoms with Crippen LogP contribution in [-0.4, -0.2) is 33.8 Å². The van der Waals surface area contributed by atoms with Crippen LogP contribution in [0.4, 0.5) is 5.69 Å². The van der Waals surface area contributed by atoms with Crippen molar-refractivity contribution in [1.82, 2.24) is 9.97 Å². The van der Waals surface area contributed by atoms with Gasteiger partial charge in [-0.25, -0.2) is 4.98 Å². The van der Waals surface area contributed by atoms with E-state index in [4.69, 9.17) is 9.84 Å². The Labute approximate surface area is 135 Å². The van der Waals surface area contributed by atoms with Crippen LogP contribution in [-0.2, 0) is 6.42 Å². The topological polar surface area (TPSA) is 91.1 Å². The van der Waals surface area contributed by atoms with Gasteiger partial charge in [-0.3, -0.25) is 0 Å². The number of aromatic nitrogens is 2. The van der Waals surface area contributed by atoms with Crippen molar-refractivity contribution in [3.05, 3.63) is 24.0 Å². The van der Waals surface area contributed by atoms with Crippen LogP contribution in [0.1, 0.15) is 32.0 Å². The molecule has 1 heterocycles. The highest BCUT2D eigenvalue weighted by Gasteiger charge is 2.37. The quantitative estimate of drug-likeness (QED) is 0.851. The van der Waals surface area contributed by atoms with Crippen LogP contribution in [0, 0.1) is 11.3 Å². The van der Waals surface area contributed by atoms with E-state index in [9.17, 15) is 5.26 Å². The standard InChI is InChI=1S/C17H20N4O2/c1-2-15-19-14-5-4-12(21-17(11-18)6-3-7-17)10-13(14)16(20-15)23-9-8-22/h4-5,10,21-22H,2-3,6-9H2,1H3. The van der Waals surface area contributed by atoms with Crippen LogP contribution in [0.15, 0.2) is 18.2 Å². The van der Waals surface area contributed by atoms with Crippen molar-refractivity contribution >= 4 is 16.6 Å². The van der Waals surface area contributed by atoms with E-state index in [1.54, 1.807) is 0 Å². The number of aliphatic hydroxyl groups excluding tert-OH is 1. The molecule has 0 amide bonds. The Hall–Kier alpha value is -2.39. The Kier molecular flexibility index (Phi) is 4.30. The average molecular weight is 312 g/mol. The Morgan fingerprint density at radius 1 is 1.39 bits per heavy atom. The zero-order valence-corrected chi connectivity index (χ0v) is 13.2. The summed E-state index contributed by atoms with van der Waals surface area (Å²) in [7, 11) is 0. The zero-order valence-electron chi connectivity index (χ0n) is 13.2. The molecule has 0 spiro atoms. The number of nitrogens with one attached hydrogen (secondary N) is 1. The Balaban J connectivity index is 1.98. The first-order chi connectivity index (χ1) is 11.2. The molecule has 1 aliphatic rings. The molecule has 6 heteroatoms. The summed E-state index contributed by atoms with van der Waals surface area (Å²) in [5.41, 5.74) is 1.21. The normalized spacial score (nSPS) is 15.7. The van der Waals surface area contributed by atoms with Gasteiger partial charge < -0.3 is 15.2 Å². The number of hydrogen-bond acceptors (Lipinski definition) is 6. The van der Waals surface area contributed by atoms with E-state index in [0.29, 0.717) is 18.1 Å². The molecule has 2 aromatic rings. The van der Waals surface area contributed by atoms with Gasteiger partial charge in [-0.1, -0.05) is 6.92 Å². The molecule has 3 rings (SSSR count). The van der Waals surface area contributed by atoms with Gasteiger partial charge in [0.25, 0.3) is 0 Å². The number of aryl methyl sites for hydroxylation is 1. The smallest absolute Gasteiger partial charge is 0.224 e. The number of aliphatic hydroxyl groups is 1. The number of nitrogens with zero attached hydrogens (tertiary/aromatic N) is 3. The molecule has 1 aliphatic carbocycles. The highest BCUT2D eigenvalue weighted by Crippen LogP contribution is 2.36. The molecule has 120 valence electrons. The molecule has 0 unspecified atom stereocenters. The zero-order chi connectivity index (χ0) is 16.3. The molecule has 6 nitrogen and oxygen atoms in total. The molecule has 0 atom stereocenters. The summed E-state index contributed by atoms with van der Waals surface area (Å²) in [6.07, 6.45) is 3.51. The first-order valence-electron chi connectivity index (χ1n) is 7.93. The van der Waals surface area contributed by atoms with Gasteiger partial charge in [0.05, 0.1) is 23.6 Å². The first kappa shape index (κ1) is 15.5. The van der Waals surface area contributed by atoms with Crippen LogP contribution in [0.5, 0.6) is 5.88 Å². The van der Waals surface area contributed by atoms with Gasteiger partial charge >= 0.3 is 0 Å². The molecule has 1 aromatic carbocycles. The molecule has 0 aliphatic heterocycles. The third-order valence-corrected chi connectivity index (χ3v) is 4.16.